The van der Waals surface area contributed by atoms with Crippen molar-refractivity contribution in [2.75, 3.05) is 13.1 Å². The molecule has 1 aliphatic heterocycles. The molecule has 0 unspecified atom stereocenters. The minimum atomic E-state index is 0.221. The number of fused-ring (bicyclic) bond motifs is 1. The quantitative estimate of drug-likeness (QED) is 0.779. The molecule has 1 aliphatic rings. The third-order valence-electron chi connectivity index (χ3n) is 3.82. The zero-order valence-corrected chi connectivity index (χ0v) is 10.8. The van der Waals surface area contributed by atoms with E-state index in [4.69, 9.17) is 0 Å². The molecule has 0 aromatic heterocycles. The van der Waals surface area contributed by atoms with E-state index in [-0.39, 0.29) is 5.91 Å². The van der Waals surface area contributed by atoms with Crippen LogP contribution in [0, 0.1) is 5.92 Å². The maximum absolute atomic E-state index is 12.3. The van der Waals surface area contributed by atoms with E-state index in [1.54, 1.807) is 0 Å². The van der Waals surface area contributed by atoms with Crippen molar-refractivity contribution in [1.29, 1.82) is 0 Å². The molecule has 17 heavy (non-hydrogen) atoms. The number of hydrogen-bond acceptors (Lipinski definition) is 1. The maximum Gasteiger partial charge on any atom is 0.254 e. The molecular formula is C15H21NO. The molecular weight excluding hydrogens is 210 g/mol. The lowest BCUT2D eigenvalue weighted by molar-refractivity contribution is 0.0708. The Kier molecular flexibility index (Phi) is 3.82. The number of amides is 1. The lowest BCUT2D eigenvalue weighted by Crippen LogP contribution is -2.40. The van der Waals surface area contributed by atoms with Crippen LogP contribution in [0.4, 0.5) is 0 Å². The van der Waals surface area contributed by atoms with Gasteiger partial charge in [0.05, 0.1) is 0 Å². The molecule has 1 heterocycles. The van der Waals surface area contributed by atoms with Crippen molar-refractivity contribution in [3.8, 4) is 0 Å². The Morgan fingerprint density at radius 2 is 1.94 bits per heavy atom. The highest BCUT2D eigenvalue weighted by atomic mass is 16.2. The first-order chi connectivity index (χ1) is 8.26. The fourth-order valence-electron chi connectivity index (χ4n) is 2.51. The second-order valence-corrected chi connectivity index (χ2v) is 4.84. The van der Waals surface area contributed by atoms with Crippen LogP contribution < -0.4 is 0 Å². The van der Waals surface area contributed by atoms with Crippen LogP contribution in [-0.2, 0) is 6.42 Å². The van der Waals surface area contributed by atoms with Gasteiger partial charge in [0, 0.05) is 18.7 Å². The average molecular weight is 231 g/mol. The van der Waals surface area contributed by atoms with Gasteiger partial charge in [0.15, 0.2) is 0 Å². The first kappa shape index (κ1) is 12.2. The molecule has 0 aliphatic carbocycles. The van der Waals surface area contributed by atoms with Crippen molar-refractivity contribution < 1.29 is 4.79 Å². The van der Waals surface area contributed by atoms with Gasteiger partial charge in [-0.3, -0.25) is 4.79 Å². The largest absolute Gasteiger partial charge is 0.338 e. The van der Waals surface area contributed by atoms with E-state index < -0.39 is 0 Å². The van der Waals surface area contributed by atoms with Crippen molar-refractivity contribution in [3.63, 3.8) is 0 Å². The summed E-state index contributed by atoms with van der Waals surface area (Å²) in [6.45, 7) is 6.21. The summed E-state index contributed by atoms with van der Waals surface area (Å²) in [5, 5.41) is 0. The third-order valence-corrected chi connectivity index (χ3v) is 3.82. The van der Waals surface area contributed by atoms with Gasteiger partial charge in [-0.25, -0.2) is 0 Å². The van der Waals surface area contributed by atoms with Gasteiger partial charge in [-0.15, -0.1) is 0 Å². The monoisotopic (exact) mass is 231 g/mol. The summed E-state index contributed by atoms with van der Waals surface area (Å²) in [5.74, 6) is 0.864. The third kappa shape index (κ3) is 2.51. The van der Waals surface area contributed by atoms with E-state index in [0.29, 0.717) is 5.92 Å². The summed E-state index contributed by atoms with van der Waals surface area (Å²) in [6, 6.07) is 8.00. The van der Waals surface area contributed by atoms with Crippen LogP contribution in [0.5, 0.6) is 0 Å². The predicted molar refractivity (Wildman–Crippen MR) is 70.1 cm³/mol. The van der Waals surface area contributed by atoms with Crippen LogP contribution in [0.3, 0.4) is 0 Å². The van der Waals surface area contributed by atoms with Crippen molar-refractivity contribution in [2.24, 2.45) is 5.92 Å². The van der Waals surface area contributed by atoms with Gasteiger partial charge in [0.2, 0.25) is 0 Å². The van der Waals surface area contributed by atoms with E-state index in [0.717, 1.165) is 37.9 Å². The summed E-state index contributed by atoms with van der Waals surface area (Å²) in [7, 11) is 0. The highest BCUT2D eigenvalue weighted by Gasteiger charge is 2.24. The number of hydrogen-bond donors (Lipinski definition) is 0. The summed E-state index contributed by atoms with van der Waals surface area (Å²) in [5.41, 5.74) is 2.11. The molecule has 1 aromatic carbocycles. The van der Waals surface area contributed by atoms with Gasteiger partial charge >= 0.3 is 0 Å². The van der Waals surface area contributed by atoms with Gasteiger partial charge in [0.25, 0.3) is 5.91 Å². The highest BCUT2D eigenvalue weighted by Crippen LogP contribution is 2.20. The van der Waals surface area contributed by atoms with Gasteiger partial charge in [-0.2, -0.15) is 0 Å². The fraction of sp³-hybridized carbons (Fsp3) is 0.533. The average Bonchev–Trinajstić information content (AvgIpc) is 2.38. The molecule has 0 radical (unpaired) electrons. The van der Waals surface area contributed by atoms with E-state index in [1.165, 1.54) is 5.56 Å². The Morgan fingerprint density at radius 3 is 2.65 bits per heavy atom. The van der Waals surface area contributed by atoms with Crippen molar-refractivity contribution in [2.45, 2.75) is 33.1 Å². The lowest BCUT2D eigenvalue weighted by atomic mass is 9.96. The summed E-state index contributed by atoms with van der Waals surface area (Å²) in [6.07, 6.45) is 3.31. The molecule has 2 heteroatoms. The Bertz CT molecular complexity index is 396. The highest BCUT2D eigenvalue weighted by molar-refractivity contribution is 5.96. The zero-order valence-electron chi connectivity index (χ0n) is 10.8. The molecule has 0 atom stereocenters. The Labute approximate surface area is 104 Å². The van der Waals surface area contributed by atoms with Gasteiger partial charge in [0.1, 0.15) is 0 Å². The molecule has 0 saturated carbocycles. The molecule has 1 amide bonds. The smallest absolute Gasteiger partial charge is 0.254 e. The number of nitrogens with zero attached hydrogens (tertiary/aromatic N) is 1. The van der Waals surface area contributed by atoms with Crippen LogP contribution in [0.2, 0.25) is 0 Å². The van der Waals surface area contributed by atoms with Crippen molar-refractivity contribution in [3.05, 3.63) is 35.4 Å². The molecule has 0 bridgehead atoms. The molecule has 0 N–H and O–H groups in total. The van der Waals surface area contributed by atoms with Crippen LogP contribution in [-0.4, -0.2) is 23.9 Å². The van der Waals surface area contributed by atoms with Crippen LogP contribution in [0.1, 0.15) is 42.6 Å². The minimum Gasteiger partial charge on any atom is -0.338 e. The number of carbonyl (C=O) groups is 1. The first-order valence-corrected chi connectivity index (χ1v) is 6.63. The standard InChI is InChI=1S/C15H21NO/c1-3-12(4-2)11-16-10-9-13-7-5-6-8-14(13)15(16)17/h5-8,12H,3-4,9-11H2,1-2H3. The van der Waals surface area contributed by atoms with Gasteiger partial charge in [-0.1, -0.05) is 44.9 Å². The zero-order chi connectivity index (χ0) is 12.3. The van der Waals surface area contributed by atoms with Gasteiger partial charge < -0.3 is 4.90 Å². The second-order valence-electron chi connectivity index (χ2n) is 4.84. The van der Waals surface area contributed by atoms with E-state index in [1.807, 2.05) is 23.1 Å². The van der Waals surface area contributed by atoms with Crippen LogP contribution in [0.15, 0.2) is 24.3 Å². The number of rotatable bonds is 4. The SMILES string of the molecule is CCC(CC)CN1CCc2ccccc2C1=O. The summed E-state index contributed by atoms with van der Waals surface area (Å²) >= 11 is 0. The van der Waals surface area contributed by atoms with Crippen molar-refractivity contribution >= 4 is 5.91 Å². The normalized spacial score (nSPS) is 15.2. The molecule has 2 nitrogen and oxygen atoms in total. The van der Waals surface area contributed by atoms with E-state index >= 15 is 0 Å². The minimum absolute atomic E-state index is 0.221. The molecule has 0 saturated heterocycles. The summed E-state index contributed by atoms with van der Waals surface area (Å²) in [4.78, 5) is 14.3. The predicted octanol–water partition coefficient (Wildman–Crippen LogP) is 3.12. The van der Waals surface area contributed by atoms with Gasteiger partial charge in [-0.05, 0) is 24.0 Å². The Morgan fingerprint density at radius 1 is 1.24 bits per heavy atom. The molecule has 92 valence electrons. The van der Waals surface area contributed by atoms with Crippen LogP contribution in [0.25, 0.3) is 0 Å². The fourth-order valence-corrected chi connectivity index (χ4v) is 2.51. The molecule has 2 rings (SSSR count). The molecule has 1 aromatic rings. The Hall–Kier alpha value is -1.31. The summed E-state index contributed by atoms with van der Waals surface area (Å²) < 4.78 is 0. The lowest BCUT2D eigenvalue weighted by Gasteiger charge is -2.31. The van der Waals surface area contributed by atoms with Crippen molar-refractivity contribution in [1.82, 2.24) is 4.90 Å². The number of benzene rings is 1. The topological polar surface area (TPSA) is 20.3 Å². The Balaban J connectivity index is 2.12. The second kappa shape index (κ2) is 5.35. The van der Waals surface area contributed by atoms with Crippen LogP contribution >= 0.6 is 0 Å². The van der Waals surface area contributed by atoms with E-state index in [9.17, 15) is 4.79 Å². The van der Waals surface area contributed by atoms with E-state index in [2.05, 4.69) is 19.9 Å². The maximum atomic E-state index is 12.3. The first-order valence-electron chi connectivity index (χ1n) is 6.63. The molecule has 0 spiro atoms. The number of carbonyl (C=O) groups excluding carboxylic acids is 1. The molecule has 0 fully saturated rings.